The Balaban J connectivity index is 1.88. The van der Waals surface area contributed by atoms with Crippen molar-refractivity contribution in [3.63, 3.8) is 0 Å². The molecule has 3 rings (SSSR count). The van der Waals surface area contributed by atoms with Gasteiger partial charge in [-0.2, -0.15) is 5.10 Å². The molecule has 0 aliphatic carbocycles. The van der Waals surface area contributed by atoms with E-state index in [1.165, 1.54) is 0 Å². The Bertz CT molecular complexity index is 547. The molecule has 1 atom stereocenters. The van der Waals surface area contributed by atoms with Crippen molar-refractivity contribution in [2.24, 2.45) is 0 Å². The summed E-state index contributed by atoms with van der Waals surface area (Å²) in [4.78, 5) is 12.0. The molecule has 3 heterocycles. The predicted octanol–water partition coefficient (Wildman–Crippen LogP) is 1.91. The SMILES string of the molecule is O=C(O)c1cc2n(n1)C[C@@H](c1cccs1)OC2. The Morgan fingerprint density at radius 1 is 1.65 bits per heavy atom. The van der Waals surface area contributed by atoms with E-state index >= 15 is 0 Å². The lowest BCUT2D eigenvalue weighted by Gasteiger charge is -2.23. The van der Waals surface area contributed by atoms with E-state index < -0.39 is 5.97 Å². The maximum Gasteiger partial charge on any atom is 0.356 e. The van der Waals surface area contributed by atoms with Crippen LogP contribution in [0.2, 0.25) is 0 Å². The van der Waals surface area contributed by atoms with E-state index in [4.69, 9.17) is 9.84 Å². The molecule has 0 saturated carbocycles. The summed E-state index contributed by atoms with van der Waals surface area (Å²) in [7, 11) is 0. The second kappa shape index (κ2) is 3.97. The van der Waals surface area contributed by atoms with Crippen LogP contribution in [0, 0.1) is 0 Å². The minimum atomic E-state index is -1.00. The van der Waals surface area contributed by atoms with E-state index in [0.717, 1.165) is 10.6 Å². The molecule has 0 unspecified atom stereocenters. The quantitative estimate of drug-likeness (QED) is 0.884. The van der Waals surface area contributed by atoms with E-state index in [9.17, 15) is 4.79 Å². The molecule has 0 fully saturated rings. The first-order valence-corrected chi connectivity index (χ1v) is 6.07. The number of nitrogens with zero attached hydrogens (tertiary/aromatic N) is 2. The van der Waals surface area contributed by atoms with Crippen molar-refractivity contribution in [2.45, 2.75) is 19.3 Å². The monoisotopic (exact) mass is 250 g/mol. The number of carboxylic acids is 1. The third-order valence-corrected chi connectivity index (χ3v) is 3.68. The lowest BCUT2D eigenvalue weighted by Crippen LogP contribution is -2.21. The zero-order valence-electron chi connectivity index (χ0n) is 8.87. The van der Waals surface area contributed by atoms with Crippen molar-refractivity contribution in [1.29, 1.82) is 0 Å². The highest BCUT2D eigenvalue weighted by Gasteiger charge is 2.24. The van der Waals surface area contributed by atoms with Gasteiger partial charge in [-0.25, -0.2) is 4.79 Å². The highest BCUT2D eigenvalue weighted by molar-refractivity contribution is 7.10. The average molecular weight is 250 g/mol. The smallest absolute Gasteiger partial charge is 0.356 e. The number of ether oxygens (including phenoxy) is 1. The first-order chi connectivity index (χ1) is 8.24. The zero-order valence-corrected chi connectivity index (χ0v) is 9.68. The molecular weight excluding hydrogens is 240 g/mol. The van der Waals surface area contributed by atoms with Gasteiger partial charge < -0.3 is 9.84 Å². The van der Waals surface area contributed by atoms with Crippen molar-refractivity contribution >= 4 is 17.3 Å². The van der Waals surface area contributed by atoms with Crippen LogP contribution >= 0.6 is 11.3 Å². The number of hydrogen-bond acceptors (Lipinski definition) is 4. The standard InChI is InChI=1S/C11H10N2O3S/c14-11(15)8-4-7-6-16-9(5-13(7)12-8)10-2-1-3-17-10/h1-4,9H,5-6H2,(H,14,15)/t9-/m0/s1. The molecule has 1 aliphatic heterocycles. The number of rotatable bonds is 2. The number of thiophene rings is 1. The minimum absolute atomic E-state index is 0.0240. The fourth-order valence-electron chi connectivity index (χ4n) is 1.88. The summed E-state index contributed by atoms with van der Waals surface area (Å²) < 4.78 is 7.42. The molecule has 88 valence electrons. The van der Waals surface area contributed by atoms with Gasteiger partial charge in [-0.05, 0) is 17.5 Å². The lowest BCUT2D eigenvalue weighted by atomic mass is 10.2. The Labute approximate surface area is 101 Å². The molecule has 0 amide bonds. The van der Waals surface area contributed by atoms with E-state index in [-0.39, 0.29) is 11.8 Å². The second-order valence-electron chi connectivity index (χ2n) is 3.82. The lowest BCUT2D eigenvalue weighted by molar-refractivity contribution is 0.000952. The maximum absolute atomic E-state index is 10.8. The van der Waals surface area contributed by atoms with E-state index in [1.807, 2.05) is 17.5 Å². The Kier molecular flexibility index (Phi) is 2.45. The van der Waals surface area contributed by atoms with Crippen LogP contribution in [-0.2, 0) is 17.9 Å². The maximum atomic E-state index is 10.8. The summed E-state index contributed by atoms with van der Waals surface area (Å²) in [5, 5.41) is 14.9. The van der Waals surface area contributed by atoms with E-state index in [1.54, 1.807) is 22.1 Å². The van der Waals surface area contributed by atoms with Gasteiger partial charge in [-0.1, -0.05) is 6.07 Å². The van der Waals surface area contributed by atoms with Gasteiger partial charge in [0, 0.05) is 4.88 Å². The van der Waals surface area contributed by atoms with Crippen molar-refractivity contribution in [3.05, 3.63) is 39.8 Å². The predicted molar refractivity (Wildman–Crippen MR) is 61.0 cm³/mol. The van der Waals surface area contributed by atoms with Crippen molar-refractivity contribution < 1.29 is 14.6 Å². The number of aromatic nitrogens is 2. The normalized spacial score (nSPS) is 18.9. The molecule has 17 heavy (non-hydrogen) atoms. The summed E-state index contributed by atoms with van der Waals surface area (Å²) in [5.74, 6) is -1.00. The van der Waals surface area contributed by atoms with Gasteiger partial charge in [0.05, 0.1) is 18.8 Å². The van der Waals surface area contributed by atoms with E-state index in [0.29, 0.717) is 13.2 Å². The van der Waals surface area contributed by atoms with Crippen LogP contribution in [0.5, 0.6) is 0 Å². The fraction of sp³-hybridized carbons (Fsp3) is 0.273. The Hall–Kier alpha value is -1.66. The van der Waals surface area contributed by atoms with E-state index in [2.05, 4.69) is 5.10 Å². The number of aromatic carboxylic acids is 1. The summed E-state index contributed by atoms with van der Waals surface area (Å²) in [6.07, 6.45) is -0.0240. The van der Waals surface area contributed by atoms with Gasteiger partial charge in [0.15, 0.2) is 5.69 Å². The highest BCUT2D eigenvalue weighted by atomic mass is 32.1. The third kappa shape index (κ3) is 1.85. The van der Waals surface area contributed by atoms with Crippen LogP contribution in [0.1, 0.15) is 27.2 Å². The zero-order chi connectivity index (χ0) is 11.8. The van der Waals surface area contributed by atoms with Gasteiger partial charge in [-0.15, -0.1) is 11.3 Å². The van der Waals surface area contributed by atoms with Gasteiger partial charge in [-0.3, -0.25) is 4.68 Å². The minimum Gasteiger partial charge on any atom is -0.476 e. The summed E-state index contributed by atoms with van der Waals surface area (Å²) in [6, 6.07) is 5.56. The molecule has 2 aromatic heterocycles. The van der Waals surface area contributed by atoms with Crippen LogP contribution in [0.3, 0.4) is 0 Å². The number of fused-ring (bicyclic) bond motifs is 1. The van der Waals surface area contributed by atoms with Crippen LogP contribution in [0.15, 0.2) is 23.6 Å². The summed E-state index contributed by atoms with van der Waals surface area (Å²) >= 11 is 1.63. The van der Waals surface area contributed by atoms with Gasteiger partial charge >= 0.3 is 5.97 Å². The molecule has 2 aromatic rings. The van der Waals surface area contributed by atoms with Gasteiger partial charge in [0.2, 0.25) is 0 Å². The molecule has 0 bridgehead atoms. The largest absolute Gasteiger partial charge is 0.476 e. The van der Waals surface area contributed by atoms with Crippen molar-refractivity contribution in [2.75, 3.05) is 0 Å². The average Bonchev–Trinajstić information content (AvgIpc) is 2.97. The number of carbonyl (C=O) groups is 1. The molecule has 6 heteroatoms. The molecule has 0 saturated heterocycles. The second-order valence-corrected chi connectivity index (χ2v) is 4.80. The van der Waals surface area contributed by atoms with Crippen LogP contribution < -0.4 is 0 Å². The van der Waals surface area contributed by atoms with Gasteiger partial charge in [0.25, 0.3) is 0 Å². The molecule has 0 spiro atoms. The Morgan fingerprint density at radius 3 is 3.24 bits per heavy atom. The van der Waals surface area contributed by atoms with Crippen LogP contribution in [0.4, 0.5) is 0 Å². The molecule has 1 N–H and O–H groups in total. The summed E-state index contributed by atoms with van der Waals surface area (Å²) in [6.45, 7) is 0.978. The molecular formula is C11H10N2O3S. The molecule has 0 radical (unpaired) electrons. The van der Waals surface area contributed by atoms with Crippen LogP contribution in [0.25, 0.3) is 0 Å². The molecule has 1 aliphatic rings. The fourth-order valence-corrected chi connectivity index (χ4v) is 2.64. The first kappa shape index (κ1) is 10.5. The summed E-state index contributed by atoms with van der Waals surface area (Å²) in [5.41, 5.74) is 0.894. The molecule has 0 aromatic carbocycles. The number of hydrogen-bond donors (Lipinski definition) is 1. The number of carboxylic acid groups (broad SMARTS) is 1. The van der Waals surface area contributed by atoms with Crippen molar-refractivity contribution in [1.82, 2.24) is 9.78 Å². The topological polar surface area (TPSA) is 64.3 Å². The van der Waals surface area contributed by atoms with Gasteiger partial charge in [0.1, 0.15) is 6.10 Å². The first-order valence-electron chi connectivity index (χ1n) is 5.19. The van der Waals surface area contributed by atoms with Crippen LogP contribution in [-0.4, -0.2) is 20.9 Å². The molecule has 5 nitrogen and oxygen atoms in total. The Morgan fingerprint density at radius 2 is 2.53 bits per heavy atom. The van der Waals surface area contributed by atoms with Crippen molar-refractivity contribution in [3.8, 4) is 0 Å². The highest BCUT2D eigenvalue weighted by Crippen LogP contribution is 2.29. The third-order valence-electron chi connectivity index (χ3n) is 2.71.